The van der Waals surface area contributed by atoms with E-state index in [1.165, 1.54) is 0 Å². The van der Waals surface area contributed by atoms with E-state index in [2.05, 4.69) is 19.9 Å². The van der Waals surface area contributed by atoms with E-state index in [1.54, 1.807) is 29.5 Å². The quantitative estimate of drug-likeness (QED) is 0.683. The number of imidazole rings is 1. The average molecular weight is 232 g/mol. The number of hydrogen-bond acceptors (Lipinski definition) is 5. The topological polar surface area (TPSA) is 83.2 Å². The van der Waals surface area contributed by atoms with Crippen LogP contribution in [0.25, 0.3) is 11.2 Å². The highest BCUT2D eigenvalue weighted by atomic mass is 32.1. The highest BCUT2D eigenvalue weighted by Gasteiger charge is 2.05. The average Bonchev–Trinajstić information content (AvgIpc) is 2.92. The molecule has 3 aromatic heterocycles. The van der Waals surface area contributed by atoms with Gasteiger partial charge in [0.2, 0.25) is 0 Å². The lowest BCUT2D eigenvalue weighted by Crippen LogP contribution is -2.13. The van der Waals surface area contributed by atoms with Crippen molar-refractivity contribution in [1.29, 1.82) is 5.41 Å². The molecule has 7 heteroatoms. The van der Waals surface area contributed by atoms with Crippen LogP contribution in [0.4, 0.5) is 0 Å². The third-order valence-electron chi connectivity index (χ3n) is 2.27. The van der Waals surface area contributed by atoms with Gasteiger partial charge in [-0.05, 0) is 0 Å². The number of hydrogen-bond donors (Lipinski definition) is 2. The van der Waals surface area contributed by atoms with Crippen LogP contribution in [0.3, 0.4) is 0 Å². The van der Waals surface area contributed by atoms with Gasteiger partial charge in [-0.15, -0.1) is 11.3 Å². The molecule has 0 aliphatic rings. The Kier molecular flexibility index (Phi) is 2.03. The van der Waals surface area contributed by atoms with Gasteiger partial charge in [0.25, 0.3) is 0 Å². The summed E-state index contributed by atoms with van der Waals surface area (Å²) in [6.07, 6.45) is 3.19. The van der Waals surface area contributed by atoms with Gasteiger partial charge in [-0.2, -0.15) is 0 Å². The molecule has 16 heavy (non-hydrogen) atoms. The molecule has 0 unspecified atom stereocenters. The Morgan fingerprint density at radius 1 is 1.38 bits per heavy atom. The fourth-order valence-corrected chi connectivity index (χ4v) is 2.08. The molecule has 0 radical (unpaired) electrons. The largest absolute Gasteiger partial charge is 0.340 e. The van der Waals surface area contributed by atoms with Gasteiger partial charge in [-0.3, -0.25) is 5.41 Å². The van der Waals surface area contributed by atoms with Crippen molar-refractivity contribution in [3.63, 3.8) is 0 Å². The molecule has 0 aliphatic carbocycles. The molecule has 0 amide bonds. The van der Waals surface area contributed by atoms with Crippen LogP contribution < -0.4 is 5.49 Å². The van der Waals surface area contributed by atoms with Crippen LogP contribution in [0.2, 0.25) is 0 Å². The number of nitrogens with zero attached hydrogens (tertiary/aromatic N) is 4. The molecule has 0 atom stereocenters. The minimum atomic E-state index is 0.210. The Balaban J connectivity index is 2.14. The van der Waals surface area contributed by atoms with Gasteiger partial charge in [-0.25, -0.2) is 15.0 Å². The summed E-state index contributed by atoms with van der Waals surface area (Å²) in [7, 11) is 0. The van der Waals surface area contributed by atoms with Crippen molar-refractivity contribution in [1.82, 2.24) is 24.5 Å². The second-order valence-electron chi connectivity index (χ2n) is 3.30. The normalized spacial score (nSPS) is 11.0. The standard InChI is InChI=1S/C9H8N6S/c10-8-7-9(12-3-11-7)15(4-13-8)1-6-2-16-5-14-6/h2-5,10H,1H2,(H,11,12). The summed E-state index contributed by atoms with van der Waals surface area (Å²) in [6, 6.07) is 0. The van der Waals surface area contributed by atoms with Gasteiger partial charge < -0.3 is 9.55 Å². The first-order chi connectivity index (χ1) is 7.84. The molecule has 0 bridgehead atoms. The fourth-order valence-electron chi connectivity index (χ4n) is 1.53. The van der Waals surface area contributed by atoms with E-state index in [0.717, 1.165) is 11.3 Å². The summed E-state index contributed by atoms with van der Waals surface area (Å²) >= 11 is 1.56. The molecule has 0 saturated heterocycles. The molecule has 3 rings (SSSR count). The molecule has 0 saturated carbocycles. The van der Waals surface area contributed by atoms with Gasteiger partial charge in [0, 0.05) is 5.38 Å². The van der Waals surface area contributed by atoms with E-state index in [-0.39, 0.29) is 5.49 Å². The number of thiazole rings is 1. The molecule has 0 fully saturated rings. The predicted molar refractivity (Wildman–Crippen MR) is 58.9 cm³/mol. The highest BCUT2D eigenvalue weighted by Crippen LogP contribution is 2.07. The third kappa shape index (κ3) is 1.41. The molecule has 0 aromatic carbocycles. The smallest absolute Gasteiger partial charge is 0.173 e. The minimum Gasteiger partial charge on any atom is -0.340 e. The van der Waals surface area contributed by atoms with Gasteiger partial charge in [0.1, 0.15) is 5.52 Å². The Bertz CT molecular complexity index is 665. The number of aromatic amines is 1. The Morgan fingerprint density at radius 3 is 3.12 bits per heavy atom. The number of fused-ring (bicyclic) bond motifs is 1. The lowest BCUT2D eigenvalue weighted by Gasteiger charge is -2.03. The maximum atomic E-state index is 7.62. The van der Waals surface area contributed by atoms with Crippen LogP contribution in [-0.4, -0.2) is 24.5 Å². The number of H-pyrrole nitrogens is 1. The summed E-state index contributed by atoms with van der Waals surface area (Å²) in [4.78, 5) is 15.3. The van der Waals surface area contributed by atoms with E-state index >= 15 is 0 Å². The summed E-state index contributed by atoms with van der Waals surface area (Å²) < 4.78 is 1.87. The summed E-state index contributed by atoms with van der Waals surface area (Å²) in [5, 5.41) is 9.60. The second kappa shape index (κ2) is 3.53. The monoisotopic (exact) mass is 232 g/mol. The van der Waals surface area contributed by atoms with Crippen molar-refractivity contribution in [2.75, 3.05) is 0 Å². The van der Waals surface area contributed by atoms with Crippen molar-refractivity contribution >= 4 is 22.5 Å². The second-order valence-corrected chi connectivity index (χ2v) is 4.02. The maximum Gasteiger partial charge on any atom is 0.173 e. The van der Waals surface area contributed by atoms with E-state index < -0.39 is 0 Å². The lowest BCUT2D eigenvalue weighted by atomic mass is 10.4. The van der Waals surface area contributed by atoms with E-state index in [4.69, 9.17) is 5.41 Å². The van der Waals surface area contributed by atoms with Crippen molar-refractivity contribution in [2.45, 2.75) is 6.54 Å². The van der Waals surface area contributed by atoms with E-state index in [1.807, 2.05) is 9.95 Å². The molecule has 80 valence electrons. The fraction of sp³-hybridized carbons (Fsp3) is 0.111. The predicted octanol–water partition coefficient (Wildman–Crippen LogP) is 0.744. The van der Waals surface area contributed by atoms with E-state index in [0.29, 0.717) is 12.1 Å². The Labute approximate surface area is 94.2 Å². The first kappa shape index (κ1) is 9.22. The molecular formula is C9H8N6S. The number of nitrogens with one attached hydrogen (secondary N) is 2. The zero-order chi connectivity index (χ0) is 11.0. The highest BCUT2D eigenvalue weighted by molar-refractivity contribution is 7.07. The van der Waals surface area contributed by atoms with Crippen molar-refractivity contribution in [3.8, 4) is 0 Å². The minimum absolute atomic E-state index is 0.210. The number of rotatable bonds is 2. The molecule has 0 spiro atoms. The summed E-state index contributed by atoms with van der Waals surface area (Å²) in [5.41, 5.74) is 4.36. The molecular weight excluding hydrogens is 224 g/mol. The Morgan fingerprint density at radius 2 is 2.31 bits per heavy atom. The van der Waals surface area contributed by atoms with E-state index in [9.17, 15) is 0 Å². The summed E-state index contributed by atoms with van der Waals surface area (Å²) in [5.74, 6) is 0. The lowest BCUT2D eigenvalue weighted by molar-refractivity contribution is 0.768. The SMILES string of the molecule is N=c1ncn(Cc2cscn2)c2nc[nH]c12. The van der Waals surface area contributed by atoms with Gasteiger partial charge in [0.05, 0.1) is 30.4 Å². The molecule has 3 heterocycles. The van der Waals surface area contributed by atoms with Crippen LogP contribution >= 0.6 is 11.3 Å². The first-order valence-electron chi connectivity index (χ1n) is 4.65. The zero-order valence-electron chi connectivity index (χ0n) is 8.21. The third-order valence-corrected chi connectivity index (χ3v) is 2.91. The summed E-state index contributed by atoms with van der Waals surface area (Å²) in [6.45, 7) is 0.623. The van der Waals surface area contributed by atoms with Gasteiger partial charge >= 0.3 is 0 Å². The van der Waals surface area contributed by atoms with Crippen molar-refractivity contribution in [2.24, 2.45) is 0 Å². The van der Waals surface area contributed by atoms with Crippen LogP contribution in [0.1, 0.15) is 5.69 Å². The van der Waals surface area contributed by atoms with Crippen LogP contribution in [-0.2, 0) is 6.54 Å². The van der Waals surface area contributed by atoms with Crippen molar-refractivity contribution < 1.29 is 0 Å². The van der Waals surface area contributed by atoms with Crippen molar-refractivity contribution in [3.05, 3.63) is 34.7 Å². The van der Waals surface area contributed by atoms with Gasteiger partial charge in [-0.1, -0.05) is 0 Å². The molecule has 3 aromatic rings. The zero-order valence-corrected chi connectivity index (χ0v) is 9.03. The van der Waals surface area contributed by atoms with Crippen LogP contribution in [0.5, 0.6) is 0 Å². The number of aromatic nitrogens is 5. The Hall–Kier alpha value is -2.02. The van der Waals surface area contributed by atoms with Crippen LogP contribution in [0, 0.1) is 5.41 Å². The molecule has 2 N–H and O–H groups in total. The molecule has 6 nitrogen and oxygen atoms in total. The maximum absolute atomic E-state index is 7.62. The van der Waals surface area contributed by atoms with Gasteiger partial charge in [0.15, 0.2) is 11.1 Å². The first-order valence-corrected chi connectivity index (χ1v) is 5.59. The van der Waals surface area contributed by atoms with Crippen LogP contribution in [0.15, 0.2) is 23.5 Å². The molecule has 0 aliphatic heterocycles.